The summed E-state index contributed by atoms with van der Waals surface area (Å²) in [6.07, 6.45) is 3.70. The van der Waals surface area contributed by atoms with E-state index in [2.05, 4.69) is 218 Å². The maximum atomic E-state index is 13.3. The number of hydrogen-bond donors (Lipinski definition) is 2. The SMILES string of the molecule is COc1c(F)cc(B(O)O)cc1F.Cn1ccc(-c2cc(F)c(C=O)c(F)c2)n1.Cn1ccc(Br)n1.PPP(P(P)P)P(P(P)P)P(P(P(P(P)P)P(P)P)P(P(P)P)P(P)P)P(P(P(P)P)P(P)P)P(P(P)P)P(P)P. The number of carbonyl (C=O) groups excluding carboxylic acids is 1. The van der Waals surface area contributed by atoms with E-state index in [-0.39, 0.29) is 145 Å². The van der Waals surface area contributed by atoms with Gasteiger partial charge in [0.2, 0.25) is 0 Å². The zero-order chi connectivity index (χ0) is 59.7. The van der Waals surface area contributed by atoms with E-state index in [0.717, 1.165) is 43.9 Å². The van der Waals surface area contributed by atoms with Gasteiger partial charge in [-0.15, -0.1) is 187 Å². The summed E-state index contributed by atoms with van der Waals surface area (Å²) in [5.41, 5.74) is -0.0468. The largest absolute Gasteiger partial charge is 0.491 e. The second-order valence-electron chi connectivity index (χ2n) is 13.4. The molecule has 77 heavy (non-hydrogen) atoms. The Bertz CT molecular complexity index is 2190. The first-order valence-corrected chi connectivity index (χ1v) is 94.2. The van der Waals surface area contributed by atoms with Crippen LogP contribution in [0.1, 0.15) is 10.4 Å². The molecule has 438 valence electrons. The summed E-state index contributed by atoms with van der Waals surface area (Å²) in [6.45, 7) is -1.63. The van der Waals surface area contributed by atoms with Crippen molar-refractivity contribution < 1.29 is 37.1 Å². The third kappa shape index (κ3) is 31.1. The molecule has 0 aliphatic heterocycles. The Morgan fingerprint density at radius 1 is 0.545 bits per heavy atom. The van der Waals surface area contributed by atoms with E-state index in [1.165, 1.54) is 4.68 Å². The van der Waals surface area contributed by atoms with Crippen LogP contribution < -0.4 is 10.2 Å². The molecule has 2 aromatic carbocycles. The first kappa shape index (κ1) is 89.2. The quantitative estimate of drug-likeness (QED) is 0.0332. The molecule has 0 bridgehead atoms. The first-order valence-electron chi connectivity index (χ1n) is 19.2. The van der Waals surface area contributed by atoms with Gasteiger partial charge in [-0.2, -0.15) is 10.2 Å². The van der Waals surface area contributed by atoms with Crippen molar-refractivity contribution in [3.63, 3.8) is 0 Å². The topological polar surface area (TPSA) is 102 Å². The van der Waals surface area contributed by atoms with Crippen LogP contribution in [-0.2, 0) is 14.1 Å². The smallest absolute Gasteiger partial charge is 0.488 e. The lowest BCUT2D eigenvalue weighted by molar-refractivity contribution is 0.111. The maximum absolute atomic E-state index is 13.3. The van der Waals surface area contributed by atoms with E-state index in [4.69, 9.17) is 10.0 Å². The minimum atomic E-state index is -1.89. The highest BCUT2D eigenvalue weighted by Crippen LogP contribution is 3.43. The molecule has 4 aromatic rings. The zero-order valence-electron chi connectivity index (χ0n) is 40.3. The van der Waals surface area contributed by atoms with Gasteiger partial charge in [-0.25, -0.2) is 17.6 Å². The van der Waals surface area contributed by atoms with Gasteiger partial charge in [0.05, 0.1) is 18.4 Å². The lowest BCUT2D eigenvalue weighted by atomic mass is 9.80. The number of carbonyl (C=O) groups is 1. The number of benzene rings is 2. The van der Waals surface area contributed by atoms with Crippen LogP contribution in [-0.4, -0.2) is 50.1 Å². The number of nitrogens with zero attached hydrogens (tertiary/aromatic N) is 4. The molecule has 0 aliphatic carbocycles. The van der Waals surface area contributed by atoms with Gasteiger partial charge in [-0.1, -0.05) is 7.96 Å². The van der Waals surface area contributed by atoms with Gasteiger partial charge in [0.15, 0.2) is 23.7 Å². The molecule has 55 heteroatoms. The minimum absolute atomic E-state index is 0.00702. The van der Waals surface area contributed by atoms with Gasteiger partial charge < -0.3 is 14.8 Å². The average Bonchev–Trinajstić information content (AvgIpc) is 3.91. The van der Waals surface area contributed by atoms with Crippen molar-refractivity contribution in [1.82, 2.24) is 19.6 Å². The highest BCUT2D eigenvalue weighted by molar-refractivity contribution is 9.49. The summed E-state index contributed by atoms with van der Waals surface area (Å²) in [5.74, 6) is -4.23. The number of ether oxygens (including phenoxy) is 1. The first-order chi connectivity index (χ1) is 35.6. The van der Waals surface area contributed by atoms with Crippen LogP contribution in [0.5, 0.6) is 5.75 Å². The molecule has 2 N–H and O–H groups in total. The summed E-state index contributed by atoms with van der Waals surface area (Å²) in [6, 6.07) is 7.30. The van der Waals surface area contributed by atoms with Crippen LogP contribution in [0, 0.1) is 23.3 Å². The third-order valence-corrected chi connectivity index (χ3v) is 287. The normalized spacial score (nSPS) is 13.2. The Labute approximate surface area is 534 Å². The van der Waals surface area contributed by atoms with Crippen molar-refractivity contribution in [3.05, 3.63) is 82.2 Å². The monoisotopic (exact) mass is 1880 g/mol. The lowest BCUT2D eigenvalue weighted by Gasteiger charge is -2.56. The number of halogens is 5. The second-order valence-corrected chi connectivity index (χ2v) is 180. The second kappa shape index (κ2) is 47.2. The van der Waals surface area contributed by atoms with E-state index in [1.54, 1.807) is 24.0 Å². The van der Waals surface area contributed by atoms with Crippen LogP contribution in [0.25, 0.3) is 11.3 Å². The maximum Gasteiger partial charge on any atom is 0.488 e. The Kier molecular flexibility index (Phi) is 54.7. The van der Waals surface area contributed by atoms with Gasteiger partial charge in [0.1, 0.15) is 16.2 Å². The summed E-state index contributed by atoms with van der Waals surface area (Å²) >= 11 is 3.20. The molecule has 0 fully saturated rings. The molecule has 2 heterocycles. The molecular formula is C22H63BBrF4N4O4P41. The predicted molar refractivity (Wildman–Crippen MR) is 471 cm³/mol. The standard InChI is InChI=1S/C11H8F2N2O.C7H7BF2O3.C4H5BrN2.H43P41/c1-15-3-2-11(14-15)7-4-9(12)8(6-16)10(13)5-7;1-13-7-5(9)2-4(8(11)12)3-6(7)10;1-7-3-2-4(5)6-7;1-22-33(23(2)3)38(32(20)21)41(39(34(24(4)5)25(6)7)35(26(8)9)27(10)11)40(36(28(12)13)29(14)15)37(30(16)17)31(18)19/h2-6H,1H3;2-3,11-12H,1H3;2-3H,1H3;22H,1-21H2. The fourth-order valence-electron chi connectivity index (χ4n) is 5.06. The molecule has 24 unspecified atom stereocenters. The summed E-state index contributed by atoms with van der Waals surface area (Å²) in [4.78, 5) is 10.4. The van der Waals surface area contributed by atoms with Crippen LogP contribution in [0.15, 0.2) is 53.4 Å². The molecular weight excluding hydrogens is 1820 g/mol. The Balaban J connectivity index is 0.000000652. The number of aldehydes is 1. The van der Waals surface area contributed by atoms with E-state index in [9.17, 15) is 22.4 Å². The molecule has 0 radical (unpaired) electrons. The van der Waals surface area contributed by atoms with E-state index in [1.807, 2.05) is 19.3 Å². The van der Waals surface area contributed by atoms with E-state index < -0.39 is 41.7 Å². The van der Waals surface area contributed by atoms with Crippen molar-refractivity contribution in [2.45, 2.75) is 0 Å². The van der Waals surface area contributed by atoms with Crippen molar-refractivity contribution in [1.29, 1.82) is 0 Å². The van der Waals surface area contributed by atoms with E-state index in [0.29, 0.717) is 11.3 Å². The van der Waals surface area contributed by atoms with Gasteiger partial charge in [-0.3, -0.25) is 14.2 Å². The van der Waals surface area contributed by atoms with Gasteiger partial charge in [0.25, 0.3) is 0 Å². The Morgan fingerprint density at radius 3 is 1.10 bits per heavy atom. The summed E-state index contributed by atoms with van der Waals surface area (Å²) < 4.78 is 60.9. The highest BCUT2D eigenvalue weighted by Gasteiger charge is 2.55. The number of aromatic nitrogens is 4. The zero-order valence-corrected chi connectivity index (χ0v) is 84.1. The lowest BCUT2D eigenvalue weighted by Crippen LogP contribution is -2.30. The van der Waals surface area contributed by atoms with Gasteiger partial charge >= 0.3 is 7.12 Å². The summed E-state index contributed by atoms with van der Waals surface area (Å²) in [5, 5.41) is 25.2. The van der Waals surface area contributed by atoms with Crippen molar-refractivity contribution in [3.8, 4) is 17.0 Å². The molecule has 0 aliphatic rings. The highest BCUT2D eigenvalue weighted by atomic mass is 79.9. The van der Waals surface area contributed by atoms with Crippen molar-refractivity contribution >= 4 is 363 Å². The van der Waals surface area contributed by atoms with Crippen LogP contribution in [0.4, 0.5) is 17.6 Å². The summed E-state index contributed by atoms with van der Waals surface area (Å²) in [7, 11) is 75.2. The number of hydrogen-bond acceptors (Lipinski definition) is 6. The molecule has 24 atom stereocenters. The number of rotatable bonds is 23. The van der Waals surface area contributed by atoms with Gasteiger partial charge in [0, 0.05) is 32.1 Å². The third-order valence-electron chi connectivity index (χ3n) is 7.89. The molecule has 4 rings (SSSR count). The van der Waals surface area contributed by atoms with E-state index >= 15 is 0 Å². The average molecular weight is 1880 g/mol. The van der Waals surface area contributed by atoms with Gasteiger partial charge in [-0.05, 0) is 191 Å². The fraction of sp³-hybridized carbons (Fsp3) is 0.136. The van der Waals surface area contributed by atoms with Crippen molar-refractivity contribution in [2.24, 2.45) is 14.1 Å². The molecule has 0 saturated heterocycles. The molecule has 8 nitrogen and oxygen atoms in total. The Hall–Kier alpha value is 14.1. The molecule has 0 saturated carbocycles. The molecule has 0 amide bonds. The van der Waals surface area contributed by atoms with Crippen LogP contribution in [0.2, 0.25) is 0 Å². The minimum Gasteiger partial charge on any atom is -0.491 e. The number of methoxy groups -OCH3 is 1. The molecule has 2 aromatic heterocycles. The molecule has 0 spiro atoms. The fourth-order valence-corrected chi connectivity index (χ4v) is 571. The van der Waals surface area contributed by atoms with Crippen LogP contribution in [0.3, 0.4) is 0 Å². The Morgan fingerprint density at radius 2 is 0.883 bits per heavy atom. The van der Waals surface area contributed by atoms with Crippen molar-refractivity contribution in [2.75, 3.05) is 7.11 Å². The predicted octanol–water partition coefficient (Wildman–Crippen LogP) is 26.8. The number of aryl methyl sites for hydroxylation is 2. The van der Waals surface area contributed by atoms with Crippen LogP contribution >= 0.6 is 344 Å².